The lowest BCUT2D eigenvalue weighted by molar-refractivity contribution is 0.0918. The van der Waals surface area contributed by atoms with Crippen LogP contribution in [0.3, 0.4) is 0 Å². The Labute approximate surface area is 169 Å². The van der Waals surface area contributed by atoms with Gasteiger partial charge < -0.3 is 19.2 Å². The minimum atomic E-state index is -3.58. The Morgan fingerprint density at radius 3 is 2.38 bits per heavy atom. The average Bonchev–Trinajstić information content (AvgIpc) is 3.19. The molecule has 1 amide bonds. The van der Waals surface area contributed by atoms with E-state index in [9.17, 15) is 13.2 Å². The normalized spacial score (nSPS) is 11.1. The van der Waals surface area contributed by atoms with Gasteiger partial charge in [-0.15, -0.1) is 0 Å². The molecule has 7 nitrogen and oxygen atoms in total. The molecule has 0 atom stereocenters. The molecule has 0 aliphatic carbocycles. The van der Waals surface area contributed by atoms with Crippen LogP contribution in [0.25, 0.3) is 0 Å². The molecule has 1 aromatic heterocycles. The Balaban J connectivity index is 1.55. The molecule has 1 N–H and O–H groups in total. The van der Waals surface area contributed by atoms with Crippen molar-refractivity contribution in [3.63, 3.8) is 0 Å². The van der Waals surface area contributed by atoms with Crippen LogP contribution in [-0.2, 0) is 15.6 Å². The lowest BCUT2D eigenvalue weighted by atomic mass is 10.2. The Morgan fingerprint density at radius 2 is 1.69 bits per heavy atom. The van der Waals surface area contributed by atoms with Crippen molar-refractivity contribution in [3.05, 3.63) is 78.3 Å². The molecule has 1 heterocycles. The van der Waals surface area contributed by atoms with Gasteiger partial charge in [0.25, 0.3) is 5.91 Å². The summed E-state index contributed by atoms with van der Waals surface area (Å²) in [6.07, 6.45) is 1.30. The second-order valence-corrected chi connectivity index (χ2v) is 8.12. The first kappa shape index (κ1) is 20.5. The number of nitrogens with one attached hydrogen (secondary N) is 1. The molecule has 0 unspecified atom stereocenters. The maximum absolute atomic E-state index is 12.5. The van der Waals surface area contributed by atoms with Gasteiger partial charge in [0, 0.05) is 5.56 Å². The Kier molecular flexibility index (Phi) is 6.56. The first-order valence-corrected chi connectivity index (χ1v) is 10.5. The zero-order chi connectivity index (χ0) is 20.7. The lowest BCUT2D eigenvalue weighted by Crippen LogP contribution is -2.28. The molecule has 0 radical (unpaired) electrons. The highest BCUT2D eigenvalue weighted by molar-refractivity contribution is 7.90. The number of carbonyl (C=O) groups excluding carboxylic acids is 1. The fourth-order valence-electron chi connectivity index (χ4n) is 2.65. The number of benzene rings is 2. The van der Waals surface area contributed by atoms with Gasteiger partial charge in [-0.1, -0.05) is 18.2 Å². The number of ether oxygens (including phenoxy) is 2. The molecular formula is C21H21NO6S. The Bertz CT molecular complexity index is 1040. The number of sulfone groups is 1. The summed E-state index contributed by atoms with van der Waals surface area (Å²) in [6, 6.07) is 16.6. The quantitative estimate of drug-likeness (QED) is 0.540. The molecular weight excluding hydrogens is 394 g/mol. The topological polar surface area (TPSA) is 94.8 Å². The van der Waals surface area contributed by atoms with Crippen molar-refractivity contribution >= 4 is 15.7 Å². The number of hydrogen-bond acceptors (Lipinski definition) is 6. The predicted molar refractivity (Wildman–Crippen MR) is 107 cm³/mol. The van der Waals surface area contributed by atoms with Crippen LogP contribution in [0.4, 0.5) is 0 Å². The molecule has 0 spiro atoms. The maximum atomic E-state index is 12.5. The van der Waals surface area contributed by atoms with E-state index < -0.39 is 15.7 Å². The van der Waals surface area contributed by atoms with Gasteiger partial charge in [-0.05, 0) is 42.5 Å². The van der Waals surface area contributed by atoms with E-state index in [4.69, 9.17) is 13.9 Å². The van der Waals surface area contributed by atoms with E-state index >= 15 is 0 Å². The Morgan fingerprint density at radius 1 is 1.00 bits per heavy atom. The van der Waals surface area contributed by atoms with Gasteiger partial charge in [0.05, 0.1) is 30.6 Å². The summed E-state index contributed by atoms with van der Waals surface area (Å²) < 4.78 is 40.9. The van der Waals surface area contributed by atoms with Crippen molar-refractivity contribution < 1.29 is 27.1 Å². The number of methoxy groups -OCH3 is 1. The zero-order valence-electron chi connectivity index (χ0n) is 15.8. The summed E-state index contributed by atoms with van der Waals surface area (Å²) in [7, 11) is -2.00. The summed E-state index contributed by atoms with van der Waals surface area (Å²) >= 11 is 0. The van der Waals surface area contributed by atoms with Crippen molar-refractivity contribution in [2.24, 2.45) is 0 Å². The summed E-state index contributed by atoms with van der Waals surface area (Å²) in [6.45, 7) is 0.479. The third-order valence-electron chi connectivity index (χ3n) is 4.12. The third-order valence-corrected chi connectivity index (χ3v) is 5.80. The second kappa shape index (κ2) is 9.29. The second-order valence-electron chi connectivity index (χ2n) is 6.13. The number of hydrogen-bond donors (Lipinski definition) is 1. The van der Waals surface area contributed by atoms with Gasteiger partial charge in [0.15, 0.2) is 15.6 Å². The van der Waals surface area contributed by atoms with E-state index in [0.29, 0.717) is 11.3 Å². The molecule has 8 heteroatoms. The van der Waals surface area contributed by atoms with Crippen LogP contribution in [0.15, 0.2) is 76.2 Å². The molecule has 29 heavy (non-hydrogen) atoms. The monoisotopic (exact) mass is 415 g/mol. The molecule has 0 bridgehead atoms. The van der Waals surface area contributed by atoms with E-state index in [2.05, 4.69) is 5.32 Å². The van der Waals surface area contributed by atoms with Crippen LogP contribution in [0, 0.1) is 0 Å². The molecule has 0 aliphatic heterocycles. The van der Waals surface area contributed by atoms with Gasteiger partial charge in [0.2, 0.25) is 0 Å². The summed E-state index contributed by atoms with van der Waals surface area (Å²) in [5.41, 5.74) is 0.308. The van der Waals surface area contributed by atoms with Gasteiger partial charge in [-0.3, -0.25) is 4.79 Å². The molecule has 3 rings (SSSR count). The largest absolute Gasteiger partial charge is 0.497 e. The van der Waals surface area contributed by atoms with E-state index in [1.54, 1.807) is 49.6 Å². The minimum Gasteiger partial charge on any atom is -0.497 e. The molecule has 0 saturated carbocycles. The highest BCUT2D eigenvalue weighted by atomic mass is 32.2. The SMILES string of the molecule is COc1ccc(OCCNC(=O)c2occc2CS(=O)(=O)c2ccccc2)cc1. The maximum Gasteiger partial charge on any atom is 0.287 e. The molecule has 0 fully saturated rings. The lowest BCUT2D eigenvalue weighted by Gasteiger charge is -2.09. The fraction of sp³-hybridized carbons (Fsp3) is 0.190. The van der Waals surface area contributed by atoms with Crippen LogP contribution in [0.2, 0.25) is 0 Å². The minimum absolute atomic E-state index is 0.0195. The van der Waals surface area contributed by atoms with Crippen LogP contribution in [0.1, 0.15) is 16.1 Å². The van der Waals surface area contributed by atoms with Crippen molar-refractivity contribution in [2.45, 2.75) is 10.6 Å². The van der Waals surface area contributed by atoms with Crippen LogP contribution in [-0.4, -0.2) is 34.6 Å². The third kappa shape index (κ3) is 5.39. The number of rotatable bonds is 9. The van der Waals surface area contributed by atoms with Crippen molar-refractivity contribution in [1.29, 1.82) is 0 Å². The number of furan rings is 1. The number of carbonyl (C=O) groups is 1. The summed E-state index contributed by atoms with van der Waals surface area (Å²) in [5, 5.41) is 2.67. The molecule has 152 valence electrons. The number of amides is 1. The summed E-state index contributed by atoms with van der Waals surface area (Å²) in [4.78, 5) is 12.6. The van der Waals surface area contributed by atoms with Crippen molar-refractivity contribution in [1.82, 2.24) is 5.32 Å². The van der Waals surface area contributed by atoms with Crippen LogP contribution in [0.5, 0.6) is 11.5 Å². The van der Waals surface area contributed by atoms with Crippen molar-refractivity contribution in [3.8, 4) is 11.5 Å². The standard InChI is InChI=1S/C21H21NO6S/c1-26-17-7-9-18(10-8-17)27-14-12-22-21(23)20-16(11-13-28-20)15-29(24,25)19-5-3-2-4-6-19/h2-11,13H,12,14-15H2,1H3,(H,22,23). The smallest absolute Gasteiger partial charge is 0.287 e. The predicted octanol–water partition coefficient (Wildman–Crippen LogP) is 3.07. The molecule has 3 aromatic rings. The highest BCUT2D eigenvalue weighted by Gasteiger charge is 2.22. The van der Waals surface area contributed by atoms with Gasteiger partial charge in [-0.25, -0.2) is 8.42 Å². The Hall–Kier alpha value is -3.26. The molecule has 0 saturated heterocycles. The molecule has 0 aliphatic rings. The van der Waals surface area contributed by atoms with E-state index in [1.807, 2.05) is 0 Å². The van der Waals surface area contributed by atoms with Gasteiger partial charge in [-0.2, -0.15) is 0 Å². The zero-order valence-corrected chi connectivity index (χ0v) is 16.6. The fourth-order valence-corrected chi connectivity index (χ4v) is 4.03. The van der Waals surface area contributed by atoms with Crippen molar-refractivity contribution in [2.75, 3.05) is 20.3 Å². The van der Waals surface area contributed by atoms with Crippen LogP contribution >= 0.6 is 0 Å². The summed E-state index contributed by atoms with van der Waals surface area (Å²) in [5.74, 6) is 0.535. The highest BCUT2D eigenvalue weighted by Crippen LogP contribution is 2.20. The van der Waals surface area contributed by atoms with Gasteiger partial charge in [0.1, 0.15) is 18.1 Å². The van der Waals surface area contributed by atoms with Crippen LogP contribution < -0.4 is 14.8 Å². The molecule has 2 aromatic carbocycles. The van der Waals surface area contributed by atoms with E-state index in [1.165, 1.54) is 24.5 Å². The first-order valence-electron chi connectivity index (χ1n) is 8.89. The first-order chi connectivity index (χ1) is 14.0. The van der Waals surface area contributed by atoms with E-state index in [0.717, 1.165) is 5.75 Å². The average molecular weight is 415 g/mol. The van der Waals surface area contributed by atoms with Gasteiger partial charge >= 0.3 is 0 Å². The van der Waals surface area contributed by atoms with E-state index in [-0.39, 0.29) is 29.6 Å².